The van der Waals surface area contributed by atoms with E-state index in [2.05, 4.69) is 17.1 Å². The minimum absolute atomic E-state index is 0.842. The molecule has 0 aliphatic carbocycles. The Morgan fingerprint density at radius 3 is 2.92 bits per heavy atom. The molecule has 2 rings (SSSR count). The van der Waals surface area contributed by atoms with Gasteiger partial charge in [0, 0.05) is 12.6 Å². The summed E-state index contributed by atoms with van der Waals surface area (Å²) in [4.78, 5) is 2.70. The lowest BCUT2D eigenvalue weighted by atomic mass is 10.0. The molecule has 2 nitrogen and oxygen atoms in total. The quantitative estimate of drug-likeness (QED) is 0.695. The van der Waals surface area contributed by atoms with Crippen molar-refractivity contribution in [1.82, 2.24) is 10.2 Å². The van der Waals surface area contributed by atoms with Crippen LogP contribution >= 0.6 is 0 Å². The molecular weight excluding hydrogens is 160 g/mol. The van der Waals surface area contributed by atoms with Gasteiger partial charge in [-0.05, 0) is 51.7 Å². The van der Waals surface area contributed by atoms with E-state index in [-0.39, 0.29) is 0 Å². The van der Waals surface area contributed by atoms with Gasteiger partial charge in [0.15, 0.2) is 0 Å². The van der Waals surface area contributed by atoms with Crippen LogP contribution in [0.4, 0.5) is 0 Å². The number of rotatable bonds is 2. The van der Waals surface area contributed by atoms with Crippen LogP contribution in [0.3, 0.4) is 0 Å². The highest BCUT2D eigenvalue weighted by molar-refractivity contribution is 4.79. The van der Waals surface area contributed by atoms with Crippen molar-refractivity contribution in [3.63, 3.8) is 0 Å². The Hall–Kier alpha value is -0.0800. The Morgan fingerprint density at radius 2 is 2.23 bits per heavy atom. The first-order valence-corrected chi connectivity index (χ1v) is 5.81. The molecule has 13 heavy (non-hydrogen) atoms. The van der Waals surface area contributed by atoms with Crippen LogP contribution in [-0.4, -0.2) is 37.1 Å². The molecule has 2 fully saturated rings. The van der Waals surface area contributed by atoms with Crippen molar-refractivity contribution < 1.29 is 0 Å². The predicted octanol–water partition coefficient (Wildman–Crippen LogP) is 1.47. The molecule has 0 spiro atoms. The second-order valence-electron chi connectivity index (χ2n) is 4.70. The molecule has 0 aromatic heterocycles. The highest BCUT2D eigenvalue weighted by Crippen LogP contribution is 2.19. The van der Waals surface area contributed by atoms with Crippen molar-refractivity contribution in [1.29, 1.82) is 0 Å². The highest BCUT2D eigenvalue weighted by Gasteiger charge is 2.23. The van der Waals surface area contributed by atoms with E-state index >= 15 is 0 Å². The van der Waals surface area contributed by atoms with Crippen LogP contribution in [0.2, 0.25) is 0 Å². The van der Waals surface area contributed by atoms with Gasteiger partial charge >= 0.3 is 0 Å². The van der Waals surface area contributed by atoms with Gasteiger partial charge in [-0.15, -0.1) is 0 Å². The summed E-state index contributed by atoms with van der Waals surface area (Å²) in [5.41, 5.74) is 0. The summed E-state index contributed by atoms with van der Waals surface area (Å²) >= 11 is 0. The average Bonchev–Trinajstić information content (AvgIpc) is 2.61. The molecule has 0 unspecified atom stereocenters. The number of hydrogen-bond donors (Lipinski definition) is 1. The summed E-state index contributed by atoms with van der Waals surface area (Å²) in [5.74, 6) is 0.931. The van der Waals surface area contributed by atoms with Gasteiger partial charge in [-0.1, -0.05) is 6.42 Å². The molecule has 2 aliphatic rings. The van der Waals surface area contributed by atoms with E-state index in [1.54, 1.807) is 0 Å². The molecule has 0 saturated carbocycles. The van der Waals surface area contributed by atoms with Crippen molar-refractivity contribution in [3.05, 3.63) is 0 Å². The zero-order chi connectivity index (χ0) is 9.10. The number of nitrogens with zero attached hydrogens (tertiary/aromatic N) is 1. The van der Waals surface area contributed by atoms with Crippen LogP contribution < -0.4 is 5.32 Å². The fraction of sp³-hybridized carbons (Fsp3) is 1.00. The largest absolute Gasteiger partial charge is 0.316 e. The fourth-order valence-electron chi connectivity index (χ4n) is 2.63. The molecular formula is C11H22N2. The minimum Gasteiger partial charge on any atom is -0.316 e. The van der Waals surface area contributed by atoms with Crippen LogP contribution in [0.1, 0.15) is 32.6 Å². The smallest absolute Gasteiger partial charge is 0.00670 e. The molecule has 0 aromatic rings. The van der Waals surface area contributed by atoms with Gasteiger partial charge in [-0.2, -0.15) is 0 Å². The Morgan fingerprint density at radius 1 is 1.31 bits per heavy atom. The third-order valence-corrected chi connectivity index (χ3v) is 3.60. The van der Waals surface area contributed by atoms with E-state index in [9.17, 15) is 0 Å². The first-order valence-electron chi connectivity index (χ1n) is 5.81. The summed E-state index contributed by atoms with van der Waals surface area (Å²) in [6, 6.07) is 0.842. The Kier molecular flexibility index (Phi) is 3.23. The van der Waals surface area contributed by atoms with E-state index in [4.69, 9.17) is 0 Å². The first-order chi connectivity index (χ1) is 6.36. The lowest BCUT2D eigenvalue weighted by Crippen LogP contribution is -2.40. The van der Waals surface area contributed by atoms with Crippen molar-refractivity contribution in [2.75, 3.05) is 26.2 Å². The van der Waals surface area contributed by atoms with Crippen molar-refractivity contribution >= 4 is 0 Å². The Labute approximate surface area is 81.7 Å². The Balaban J connectivity index is 1.78. The number of hydrogen-bond acceptors (Lipinski definition) is 2. The molecule has 2 heterocycles. The predicted molar refractivity (Wildman–Crippen MR) is 55.9 cm³/mol. The van der Waals surface area contributed by atoms with E-state index in [1.165, 1.54) is 51.9 Å². The maximum absolute atomic E-state index is 3.45. The zero-order valence-electron chi connectivity index (χ0n) is 8.76. The van der Waals surface area contributed by atoms with E-state index < -0.39 is 0 Å². The molecule has 2 saturated heterocycles. The SMILES string of the molecule is C[C@@H]1CCCCN1C[C@H]1CCNC1. The van der Waals surface area contributed by atoms with Gasteiger partial charge in [-0.25, -0.2) is 0 Å². The van der Waals surface area contributed by atoms with E-state index in [1.807, 2.05) is 0 Å². The number of piperidine rings is 1. The highest BCUT2D eigenvalue weighted by atomic mass is 15.2. The molecule has 2 aliphatic heterocycles. The van der Waals surface area contributed by atoms with Crippen molar-refractivity contribution in [2.24, 2.45) is 5.92 Å². The van der Waals surface area contributed by atoms with Crippen LogP contribution in [0, 0.1) is 5.92 Å². The summed E-state index contributed by atoms with van der Waals surface area (Å²) in [5, 5.41) is 3.45. The summed E-state index contributed by atoms with van der Waals surface area (Å²) < 4.78 is 0. The molecule has 0 amide bonds. The molecule has 1 N–H and O–H groups in total. The first kappa shape index (κ1) is 9.47. The molecule has 2 heteroatoms. The van der Waals surface area contributed by atoms with E-state index in [0.29, 0.717) is 0 Å². The van der Waals surface area contributed by atoms with E-state index in [0.717, 1.165) is 12.0 Å². The molecule has 76 valence electrons. The van der Waals surface area contributed by atoms with Gasteiger partial charge in [0.1, 0.15) is 0 Å². The van der Waals surface area contributed by atoms with Gasteiger partial charge in [0.25, 0.3) is 0 Å². The average molecular weight is 182 g/mol. The van der Waals surface area contributed by atoms with Crippen molar-refractivity contribution in [3.8, 4) is 0 Å². The maximum Gasteiger partial charge on any atom is 0.00670 e. The van der Waals surface area contributed by atoms with Crippen LogP contribution in [0.15, 0.2) is 0 Å². The number of likely N-dealkylation sites (tertiary alicyclic amines) is 1. The second-order valence-corrected chi connectivity index (χ2v) is 4.70. The summed E-state index contributed by atoms with van der Waals surface area (Å²) in [6.07, 6.45) is 5.68. The minimum atomic E-state index is 0.842. The molecule has 0 radical (unpaired) electrons. The number of nitrogens with one attached hydrogen (secondary N) is 1. The maximum atomic E-state index is 3.45. The van der Waals surface area contributed by atoms with Crippen molar-refractivity contribution in [2.45, 2.75) is 38.6 Å². The van der Waals surface area contributed by atoms with Crippen LogP contribution in [-0.2, 0) is 0 Å². The lowest BCUT2D eigenvalue weighted by molar-refractivity contribution is 0.140. The monoisotopic (exact) mass is 182 g/mol. The van der Waals surface area contributed by atoms with Gasteiger partial charge < -0.3 is 10.2 Å². The third-order valence-electron chi connectivity index (χ3n) is 3.60. The fourth-order valence-corrected chi connectivity index (χ4v) is 2.63. The second kappa shape index (κ2) is 4.43. The topological polar surface area (TPSA) is 15.3 Å². The van der Waals surface area contributed by atoms with Gasteiger partial charge in [0.2, 0.25) is 0 Å². The standard InChI is InChI=1S/C11H22N2/c1-10-4-2-3-7-13(10)9-11-5-6-12-8-11/h10-12H,2-9H2,1H3/t10-,11+/m1/s1. The summed E-state index contributed by atoms with van der Waals surface area (Å²) in [6.45, 7) is 7.57. The molecule has 0 bridgehead atoms. The molecule has 0 aromatic carbocycles. The third kappa shape index (κ3) is 2.44. The normalized spacial score (nSPS) is 36.7. The lowest BCUT2D eigenvalue weighted by Gasteiger charge is -2.34. The van der Waals surface area contributed by atoms with Crippen LogP contribution in [0.5, 0.6) is 0 Å². The van der Waals surface area contributed by atoms with Gasteiger partial charge in [0.05, 0.1) is 0 Å². The molecule has 2 atom stereocenters. The zero-order valence-corrected chi connectivity index (χ0v) is 8.76. The summed E-state index contributed by atoms with van der Waals surface area (Å²) in [7, 11) is 0. The Bertz CT molecular complexity index is 152. The van der Waals surface area contributed by atoms with Crippen LogP contribution in [0.25, 0.3) is 0 Å². The van der Waals surface area contributed by atoms with Gasteiger partial charge in [-0.3, -0.25) is 0 Å².